The SMILES string of the molecule is COc1ccc(NC(=O)C2CCCN2C(=O)C(C)Oc2ccc(F)cc2Br)cc1. The van der Waals surface area contributed by atoms with Gasteiger partial charge in [0.05, 0.1) is 11.6 Å². The zero-order chi connectivity index (χ0) is 21.0. The zero-order valence-corrected chi connectivity index (χ0v) is 17.7. The highest BCUT2D eigenvalue weighted by Gasteiger charge is 2.36. The van der Waals surface area contributed by atoms with E-state index in [0.717, 1.165) is 6.42 Å². The number of nitrogens with zero attached hydrogens (tertiary/aromatic N) is 1. The molecule has 1 heterocycles. The molecule has 154 valence electrons. The summed E-state index contributed by atoms with van der Waals surface area (Å²) in [4.78, 5) is 27.2. The number of anilines is 1. The fourth-order valence-corrected chi connectivity index (χ4v) is 3.69. The van der Waals surface area contributed by atoms with Gasteiger partial charge in [-0.3, -0.25) is 9.59 Å². The average molecular weight is 465 g/mol. The van der Waals surface area contributed by atoms with Crippen LogP contribution in [0.15, 0.2) is 46.9 Å². The Bertz CT molecular complexity index is 891. The molecule has 0 aliphatic carbocycles. The van der Waals surface area contributed by atoms with E-state index in [1.807, 2.05) is 0 Å². The second-order valence-electron chi connectivity index (χ2n) is 6.74. The topological polar surface area (TPSA) is 67.9 Å². The lowest BCUT2D eigenvalue weighted by Crippen LogP contribution is -2.47. The molecule has 0 bridgehead atoms. The fourth-order valence-electron chi connectivity index (χ4n) is 3.25. The molecule has 6 nitrogen and oxygen atoms in total. The third kappa shape index (κ3) is 5.06. The molecule has 2 unspecified atom stereocenters. The van der Waals surface area contributed by atoms with E-state index in [1.165, 1.54) is 18.2 Å². The van der Waals surface area contributed by atoms with Crippen LogP contribution in [0.4, 0.5) is 10.1 Å². The number of likely N-dealkylation sites (tertiary alicyclic amines) is 1. The summed E-state index contributed by atoms with van der Waals surface area (Å²) < 4.78 is 24.5. The number of benzene rings is 2. The number of halogens is 2. The van der Waals surface area contributed by atoms with Gasteiger partial charge in [0, 0.05) is 12.2 Å². The lowest BCUT2D eigenvalue weighted by atomic mass is 10.2. The second-order valence-corrected chi connectivity index (χ2v) is 7.60. The minimum absolute atomic E-state index is 0.240. The minimum atomic E-state index is -0.814. The summed E-state index contributed by atoms with van der Waals surface area (Å²) in [6.07, 6.45) is 0.506. The standard InChI is InChI=1S/C21H22BrFN2O4/c1-13(29-19-10-5-14(23)12-17(19)22)21(27)25-11-3-4-18(25)20(26)24-15-6-8-16(28-2)9-7-15/h5-10,12-13,18H,3-4,11H2,1-2H3,(H,24,26). The fraction of sp³-hybridized carbons (Fsp3) is 0.333. The van der Waals surface area contributed by atoms with E-state index in [-0.39, 0.29) is 11.8 Å². The molecule has 1 saturated heterocycles. The monoisotopic (exact) mass is 464 g/mol. The van der Waals surface area contributed by atoms with Gasteiger partial charge in [0.1, 0.15) is 23.4 Å². The lowest BCUT2D eigenvalue weighted by Gasteiger charge is -2.27. The first-order valence-electron chi connectivity index (χ1n) is 9.26. The average Bonchev–Trinajstić information content (AvgIpc) is 3.20. The summed E-state index contributed by atoms with van der Waals surface area (Å²) >= 11 is 3.23. The van der Waals surface area contributed by atoms with Gasteiger partial charge in [-0.2, -0.15) is 0 Å². The van der Waals surface area contributed by atoms with Crippen molar-refractivity contribution in [1.29, 1.82) is 0 Å². The molecule has 1 fully saturated rings. The third-order valence-electron chi connectivity index (χ3n) is 4.74. The number of carbonyl (C=O) groups excluding carboxylic acids is 2. The normalized spacial score (nSPS) is 17.0. The van der Waals surface area contributed by atoms with Gasteiger partial charge in [-0.25, -0.2) is 4.39 Å². The molecule has 2 aromatic rings. The Kier molecular flexibility index (Phi) is 6.74. The van der Waals surface area contributed by atoms with Crippen molar-refractivity contribution in [3.63, 3.8) is 0 Å². The number of methoxy groups -OCH3 is 1. The van der Waals surface area contributed by atoms with Crippen molar-refractivity contribution < 1.29 is 23.5 Å². The van der Waals surface area contributed by atoms with Crippen molar-refractivity contribution in [2.45, 2.75) is 31.9 Å². The van der Waals surface area contributed by atoms with Crippen LogP contribution in [-0.4, -0.2) is 42.5 Å². The van der Waals surface area contributed by atoms with Gasteiger partial charge in [0.15, 0.2) is 6.10 Å². The smallest absolute Gasteiger partial charge is 0.264 e. The number of amides is 2. The Morgan fingerprint density at radius 1 is 1.24 bits per heavy atom. The molecule has 2 atom stereocenters. The maximum absolute atomic E-state index is 13.2. The van der Waals surface area contributed by atoms with Crippen molar-refractivity contribution >= 4 is 33.4 Å². The van der Waals surface area contributed by atoms with Crippen LogP contribution in [-0.2, 0) is 9.59 Å². The molecular formula is C21H22BrFN2O4. The van der Waals surface area contributed by atoms with Gasteiger partial charge in [0.25, 0.3) is 5.91 Å². The van der Waals surface area contributed by atoms with Gasteiger partial charge in [-0.1, -0.05) is 0 Å². The summed E-state index contributed by atoms with van der Waals surface area (Å²) in [5.74, 6) is 0.132. The van der Waals surface area contributed by atoms with Crippen LogP contribution < -0.4 is 14.8 Å². The van der Waals surface area contributed by atoms with Gasteiger partial charge >= 0.3 is 0 Å². The highest BCUT2D eigenvalue weighted by molar-refractivity contribution is 9.10. The molecule has 2 aromatic carbocycles. The molecule has 0 saturated carbocycles. The van der Waals surface area contributed by atoms with E-state index in [9.17, 15) is 14.0 Å². The number of nitrogens with one attached hydrogen (secondary N) is 1. The van der Waals surface area contributed by atoms with E-state index < -0.39 is 18.0 Å². The predicted octanol–water partition coefficient (Wildman–Crippen LogP) is 3.99. The van der Waals surface area contributed by atoms with E-state index in [4.69, 9.17) is 9.47 Å². The predicted molar refractivity (Wildman–Crippen MR) is 111 cm³/mol. The largest absolute Gasteiger partial charge is 0.497 e. The molecule has 1 aliphatic heterocycles. The Labute approximate surface area is 177 Å². The van der Waals surface area contributed by atoms with Crippen molar-refractivity contribution in [2.75, 3.05) is 19.0 Å². The van der Waals surface area contributed by atoms with Gasteiger partial charge in [0.2, 0.25) is 5.91 Å². The van der Waals surface area contributed by atoms with E-state index in [2.05, 4.69) is 21.2 Å². The Balaban J connectivity index is 1.65. The minimum Gasteiger partial charge on any atom is -0.497 e. The second kappa shape index (κ2) is 9.26. The molecular weight excluding hydrogens is 443 g/mol. The summed E-state index contributed by atoms with van der Waals surface area (Å²) in [5.41, 5.74) is 0.634. The van der Waals surface area contributed by atoms with Gasteiger partial charge < -0.3 is 19.7 Å². The maximum Gasteiger partial charge on any atom is 0.264 e. The van der Waals surface area contributed by atoms with Crippen LogP contribution >= 0.6 is 15.9 Å². The molecule has 0 aromatic heterocycles. The van der Waals surface area contributed by atoms with E-state index in [0.29, 0.717) is 34.6 Å². The number of hydrogen-bond acceptors (Lipinski definition) is 4. The summed E-state index contributed by atoms with van der Waals surface area (Å²) in [5, 5.41) is 2.85. The Morgan fingerprint density at radius 3 is 2.62 bits per heavy atom. The summed E-state index contributed by atoms with van der Waals surface area (Å²) in [6.45, 7) is 2.10. The molecule has 29 heavy (non-hydrogen) atoms. The Morgan fingerprint density at radius 2 is 1.97 bits per heavy atom. The lowest BCUT2D eigenvalue weighted by molar-refractivity contribution is -0.142. The number of rotatable bonds is 6. The summed E-state index contributed by atoms with van der Waals surface area (Å²) in [6, 6.07) is 10.4. The third-order valence-corrected chi connectivity index (χ3v) is 5.36. The van der Waals surface area contributed by atoms with Crippen LogP contribution in [0.3, 0.4) is 0 Å². The van der Waals surface area contributed by atoms with Crippen molar-refractivity contribution in [2.24, 2.45) is 0 Å². The quantitative estimate of drug-likeness (QED) is 0.701. The van der Waals surface area contributed by atoms with E-state index >= 15 is 0 Å². The van der Waals surface area contributed by atoms with Crippen LogP contribution in [0.2, 0.25) is 0 Å². The Hall–Kier alpha value is -2.61. The molecule has 8 heteroatoms. The van der Waals surface area contributed by atoms with E-state index in [1.54, 1.807) is 43.2 Å². The van der Waals surface area contributed by atoms with Crippen molar-refractivity contribution in [3.05, 3.63) is 52.8 Å². The number of hydrogen-bond donors (Lipinski definition) is 1. The molecule has 0 spiro atoms. The first-order chi connectivity index (χ1) is 13.9. The maximum atomic E-state index is 13.2. The first-order valence-corrected chi connectivity index (χ1v) is 10.1. The summed E-state index contributed by atoms with van der Waals surface area (Å²) in [7, 11) is 1.57. The van der Waals surface area contributed by atoms with Gasteiger partial charge in [-0.05, 0) is 78.2 Å². The highest BCUT2D eigenvalue weighted by Crippen LogP contribution is 2.28. The molecule has 1 N–H and O–H groups in total. The zero-order valence-electron chi connectivity index (χ0n) is 16.2. The molecule has 0 radical (unpaired) electrons. The highest BCUT2D eigenvalue weighted by atomic mass is 79.9. The van der Waals surface area contributed by atoms with Crippen molar-refractivity contribution in [3.8, 4) is 11.5 Å². The molecule has 1 aliphatic rings. The van der Waals surface area contributed by atoms with Crippen LogP contribution in [0.25, 0.3) is 0 Å². The van der Waals surface area contributed by atoms with Gasteiger partial charge in [-0.15, -0.1) is 0 Å². The first kappa shape index (κ1) is 21.1. The molecule has 3 rings (SSSR count). The number of ether oxygens (including phenoxy) is 2. The van der Waals surface area contributed by atoms with Crippen molar-refractivity contribution in [1.82, 2.24) is 4.90 Å². The van der Waals surface area contributed by atoms with Crippen LogP contribution in [0.5, 0.6) is 11.5 Å². The number of carbonyl (C=O) groups is 2. The van der Waals surface area contributed by atoms with Crippen LogP contribution in [0.1, 0.15) is 19.8 Å². The van der Waals surface area contributed by atoms with Crippen LogP contribution in [0, 0.1) is 5.82 Å². The molecule has 2 amide bonds.